The number of esters is 1. The molecule has 0 saturated heterocycles. The third-order valence-corrected chi connectivity index (χ3v) is 2.25. The molecule has 0 atom stereocenters. The second-order valence-corrected chi connectivity index (χ2v) is 3.44. The van der Waals surface area contributed by atoms with Crippen molar-refractivity contribution < 1.29 is 13.9 Å². The van der Waals surface area contributed by atoms with Gasteiger partial charge in [-0.3, -0.25) is 0 Å². The molecule has 0 N–H and O–H groups in total. The molecule has 84 valence electrons. The largest absolute Gasteiger partial charge is 0.468 e. The lowest BCUT2D eigenvalue weighted by Gasteiger charge is -2.02. The van der Waals surface area contributed by atoms with Gasteiger partial charge in [-0.2, -0.15) is 0 Å². The summed E-state index contributed by atoms with van der Waals surface area (Å²) in [5.74, 6) is 0.472. The van der Waals surface area contributed by atoms with Gasteiger partial charge in [-0.05, 0) is 19.4 Å². The standard InChI is InChI=1S/C12H18O3/c1-3-5-6-7-11-10(8-9-15-11)12(13)14-4-2/h8-9H,3-7H2,1-2H3. The molecule has 3 nitrogen and oxygen atoms in total. The van der Waals surface area contributed by atoms with E-state index in [4.69, 9.17) is 9.15 Å². The highest BCUT2D eigenvalue weighted by Crippen LogP contribution is 2.15. The Balaban J connectivity index is 2.56. The van der Waals surface area contributed by atoms with E-state index in [9.17, 15) is 4.79 Å². The second-order valence-electron chi connectivity index (χ2n) is 3.44. The van der Waals surface area contributed by atoms with Gasteiger partial charge in [0.05, 0.1) is 12.9 Å². The van der Waals surface area contributed by atoms with Crippen LogP contribution in [0.4, 0.5) is 0 Å². The zero-order valence-corrected chi connectivity index (χ0v) is 9.41. The molecular formula is C12H18O3. The number of ether oxygens (including phenoxy) is 1. The van der Waals surface area contributed by atoms with E-state index in [0.29, 0.717) is 12.2 Å². The van der Waals surface area contributed by atoms with Crippen LogP contribution in [0, 0.1) is 0 Å². The van der Waals surface area contributed by atoms with Gasteiger partial charge < -0.3 is 9.15 Å². The monoisotopic (exact) mass is 210 g/mol. The fraction of sp³-hybridized carbons (Fsp3) is 0.583. The fourth-order valence-corrected chi connectivity index (χ4v) is 1.46. The van der Waals surface area contributed by atoms with Crippen LogP contribution in [0.3, 0.4) is 0 Å². The van der Waals surface area contributed by atoms with Crippen molar-refractivity contribution in [2.24, 2.45) is 0 Å². The summed E-state index contributed by atoms with van der Waals surface area (Å²) in [6, 6.07) is 1.68. The topological polar surface area (TPSA) is 39.4 Å². The highest BCUT2D eigenvalue weighted by Gasteiger charge is 2.14. The maximum Gasteiger partial charge on any atom is 0.341 e. The second kappa shape index (κ2) is 6.27. The lowest BCUT2D eigenvalue weighted by molar-refractivity contribution is 0.0523. The summed E-state index contributed by atoms with van der Waals surface area (Å²) in [5.41, 5.74) is 0.577. The average Bonchev–Trinajstić information content (AvgIpc) is 2.67. The lowest BCUT2D eigenvalue weighted by Crippen LogP contribution is -2.06. The third kappa shape index (κ3) is 3.42. The summed E-state index contributed by atoms with van der Waals surface area (Å²) in [5, 5.41) is 0. The number of furan rings is 1. The van der Waals surface area contributed by atoms with Crippen LogP contribution in [0.5, 0.6) is 0 Å². The molecule has 1 aromatic rings. The van der Waals surface area contributed by atoms with E-state index in [0.717, 1.165) is 31.4 Å². The summed E-state index contributed by atoms with van der Waals surface area (Å²) >= 11 is 0. The molecule has 1 aromatic heterocycles. The van der Waals surface area contributed by atoms with E-state index < -0.39 is 0 Å². The molecule has 0 saturated carbocycles. The summed E-state index contributed by atoms with van der Waals surface area (Å²) < 4.78 is 10.2. The Labute approximate surface area is 90.4 Å². The molecule has 0 unspecified atom stereocenters. The van der Waals surface area contributed by atoms with Crippen LogP contribution in [0.2, 0.25) is 0 Å². The van der Waals surface area contributed by atoms with Crippen molar-refractivity contribution in [3.63, 3.8) is 0 Å². The summed E-state index contributed by atoms with van der Waals surface area (Å²) in [6.07, 6.45) is 5.73. The maximum absolute atomic E-state index is 11.5. The predicted octanol–water partition coefficient (Wildman–Crippen LogP) is 3.19. The van der Waals surface area contributed by atoms with Crippen molar-refractivity contribution >= 4 is 5.97 Å². The maximum atomic E-state index is 11.5. The number of carbonyl (C=O) groups excluding carboxylic acids is 1. The molecule has 15 heavy (non-hydrogen) atoms. The van der Waals surface area contributed by atoms with Crippen molar-refractivity contribution in [2.45, 2.75) is 39.5 Å². The van der Waals surface area contributed by atoms with Crippen LogP contribution in [0.1, 0.15) is 49.2 Å². The Morgan fingerprint density at radius 1 is 1.40 bits per heavy atom. The molecule has 1 rings (SSSR count). The Bertz CT molecular complexity index is 302. The van der Waals surface area contributed by atoms with Crippen LogP contribution in [-0.4, -0.2) is 12.6 Å². The average molecular weight is 210 g/mol. The van der Waals surface area contributed by atoms with Gasteiger partial charge in [0.15, 0.2) is 0 Å². The number of unbranched alkanes of at least 4 members (excludes halogenated alkanes) is 2. The van der Waals surface area contributed by atoms with Crippen LogP contribution in [0.15, 0.2) is 16.7 Å². The first-order valence-electron chi connectivity index (χ1n) is 5.53. The molecule has 0 aliphatic heterocycles. The van der Waals surface area contributed by atoms with E-state index in [-0.39, 0.29) is 5.97 Å². The van der Waals surface area contributed by atoms with Crippen molar-refractivity contribution in [1.82, 2.24) is 0 Å². The van der Waals surface area contributed by atoms with Crippen LogP contribution < -0.4 is 0 Å². The van der Waals surface area contributed by atoms with E-state index in [1.807, 2.05) is 0 Å². The Morgan fingerprint density at radius 3 is 2.87 bits per heavy atom. The number of hydrogen-bond donors (Lipinski definition) is 0. The van der Waals surface area contributed by atoms with Crippen molar-refractivity contribution in [1.29, 1.82) is 0 Å². The minimum absolute atomic E-state index is 0.280. The van der Waals surface area contributed by atoms with Crippen LogP contribution in [0.25, 0.3) is 0 Å². The van der Waals surface area contributed by atoms with Gasteiger partial charge in [0.25, 0.3) is 0 Å². The van der Waals surface area contributed by atoms with Gasteiger partial charge in [0, 0.05) is 6.42 Å². The molecule has 0 amide bonds. The molecule has 0 aromatic carbocycles. The Kier molecular flexibility index (Phi) is 4.95. The molecule has 0 fully saturated rings. The molecule has 0 radical (unpaired) electrons. The molecule has 0 bridgehead atoms. The molecular weight excluding hydrogens is 192 g/mol. The third-order valence-electron chi connectivity index (χ3n) is 2.25. The summed E-state index contributed by atoms with van der Waals surface area (Å²) in [4.78, 5) is 11.5. The van der Waals surface area contributed by atoms with Crippen molar-refractivity contribution in [2.75, 3.05) is 6.61 Å². The van der Waals surface area contributed by atoms with Gasteiger partial charge in [0.2, 0.25) is 0 Å². The molecule has 0 spiro atoms. The van der Waals surface area contributed by atoms with Gasteiger partial charge >= 0.3 is 5.97 Å². The van der Waals surface area contributed by atoms with E-state index in [1.54, 1.807) is 19.3 Å². The van der Waals surface area contributed by atoms with E-state index >= 15 is 0 Å². The lowest BCUT2D eigenvalue weighted by atomic mass is 10.1. The highest BCUT2D eigenvalue weighted by molar-refractivity contribution is 5.90. The summed E-state index contributed by atoms with van der Waals surface area (Å²) in [6.45, 7) is 4.35. The van der Waals surface area contributed by atoms with Gasteiger partial charge in [-0.15, -0.1) is 0 Å². The molecule has 0 aliphatic rings. The van der Waals surface area contributed by atoms with Crippen molar-refractivity contribution in [3.8, 4) is 0 Å². The number of aryl methyl sites for hydroxylation is 1. The fourth-order valence-electron chi connectivity index (χ4n) is 1.46. The number of hydrogen-bond acceptors (Lipinski definition) is 3. The SMILES string of the molecule is CCCCCc1occc1C(=O)OCC. The van der Waals surface area contributed by atoms with Crippen LogP contribution >= 0.6 is 0 Å². The van der Waals surface area contributed by atoms with Gasteiger partial charge in [-0.25, -0.2) is 4.79 Å². The number of carbonyl (C=O) groups is 1. The quantitative estimate of drug-likeness (QED) is 0.534. The molecule has 3 heteroatoms. The zero-order valence-electron chi connectivity index (χ0n) is 9.41. The summed E-state index contributed by atoms with van der Waals surface area (Å²) in [7, 11) is 0. The highest BCUT2D eigenvalue weighted by atomic mass is 16.5. The normalized spacial score (nSPS) is 10.3. The van der Waals surface area contributed by atoms with Gasteiger partial charge in [0.1, 0.15) is 11.3 Å². The number of rotatable bonds is 6. The Hall–Kier alpha value is -1.25. The predicted molar refractivity (Wildman–Crippen MR) is 57.9 cm³/mol. The van der Waals surface area contributed by atoms with Crippen molar-refractivity contribution in [3.05, 3.63) is 23.7 Å². The molecule has 0 aliphatic carbocycles. The Morgan fingerprint density at radius 2 is 2.20 bits per heavy atom. The van der Waals surface area contributed by atoms with E-state index in [2.05, 4.69) is 6.92 Å². The van der Waals surface area contributed by atoms with Crippen LogP contribution in [-0.2, 0) is 11.2 Å². The first kappa shape index (κ1) is 11.8. The minimum atomic E-state index is -0.280. The molecule has 1 heterocycles. The zero-order chi connectivity index (χ0) is 11.1. The first-order valence-corrected chi connectivity index (χ1v) is 5.53. The van der Waals surface area contributed by atoms with E-state index in [1.165, 1.54) is 0 Å². The van der Waals surface area contributed by atoms with Gasteiger partial charge in [-0.1, -0.05) is 19.8 Å². The smallest absolute Gasteiger partial charge is 0.341 e. The minimum Gasteiger partial charge on any atom is -0.468 e. The first-order chi connectivity index (χ1) is 7.29.